The van der Waals surface area contributed by atoms with Gasteiger partial charge in [-0.05, 0) is 44.5 Å². The van der Waals surface area contributed by atoms with E-state index in [0.29, 0.717) is 29.9 Å². The minimum atomic E-state index is -0.447. The van der Waals surface area contributed by atoms with Gasteiger partial charge in [0.05, 0.1) is 4.92 Å². The van der Waals surface area contributed by atoms with Crippen LogP contribution in [-0.4, -0.2) is 20.5 Å². The summed E-state index contributed by atoms with van der Waals surface area (Å²) >= 11 is 0. The van der Waals surface area contributed by atoms with Crippen molar-refractivity contribution in [3.05, 3.63) is 57.1 Å². The summed E-state index contributed by atoms with van der Waals surface area (Å²) in [6.07, 6.45) is 0.785. The van der Waals surface area contributed by atoms with Gasteiger partial charge < -0.3 is 0 Å². The van der Waals surface area contributed by atoms with Gasteiger partial charge in [0, 0.05) is 18.5 Å². The van der Waals surface area contributed by atoms with Gasteiger partial charge in [0.25, 0.3) is 0 Å². The molecule has 0 N–H and O–H groups in total. The first-order chi connectivity index (χ1) is 10.4. The van der Waals surface area contributed by atoms with Crippen molar-refractivity contribution in [1.29, 1.82) is 0 Å². The van der Waals surface area contributed by atoms with Crippen LogP contribution in [-0.2, 0) is 6.54 Å². The smallest absolute Gasteiger partial charge is 0.294 e. The maximum absolute atomic E-state index is 12.8. The lowest BCUT2D eigenvalue weighted by atomic mass is 10.1. The normalized spacial score (nSPS) is 10.7. The Labute approximate surface area is 126 Å². The van der Waals surface area contributed by atoms with Crippen LogP contribution < -0.4 is 0 Å². The molecule has 22 heavy (non-hydrogen) atoms. The summed E-state index contributed by atoms with van der Waals surface area (Å²) in [5.74, 6) is -0.470. The lowest BCUT2D eigenvalue weighted by Gasteiger charge is -2.04. The molecule has 2 aromatic rings. The van der Waals surface area contributed by atoms with Gasteiger partial charge in [-0.3, -0.25) is 19.6 Å². The molecule has 0 bridgehead atoms. The van der Waals surface area contributed by atoms with Crippen molar-refractivity contribution in [2.24, 2.45) is 0 Å². The van der Waals surface area contributed by atoms with E-state index in [1.807, 2.05) is 0 Å². The number of hydrogen-bond donors (Lipinski definition) is 0. The van der Waals surface area contributed by atoms with Crippen molar-refractivity contribution < 1.29 is 14.1 Å². The molecule has 0 saturated heterocycles. The van der Waals surface area contributed by atoms with Gasteiger partial charge in [0.1, 0.15) is 17.2 Å². The highest BCUT2D eigenvalue weighted by Gasteiger charge is 2.21. The molecule has 6 nitrogen and oxygen atoms in total. The third-order valence-corrected chi connectivity index (χ3v) is 3.47. The molecule has 0 atom stereocenters. The first-order valence-corrected chi connectivity index (χ1v) is 6.87. The second-order valence-electron chi connectivity index (χ2n) is 5.03. The largest absolute Gasteiger partial charge is 0.312 e. The minimum Gasteiger partial charge on any atom is -0.294 e. The number of Topliss-reactive ketones (excluding diaryl/α,β-unsaturated/α-hetero) is 1. The number of nitrogens with zero attached hydrogens (tertiary/aromatic N) is 3. The van der Waals surface area contributed by atoms with Gasteiger partial charge in [-0.25, -0.2) is 4.39 Å². The number of aryl methyl sites for hydroxylation is 2. The minimum absolute atomic E-state index is 0.0184. The summed E-state index contributed by atoms with van der Waals surface area (Å²) in [4.78, 5) is 22.4. The molecule has 1 aromatic heterocycles. The third kappa shape index (κ3) is 3.36. The van der Waals surface area contributed by atoms with E-state index < -0.39 is 4.92 Å². The zero-order chi connectivity index (χ0) is 16.3. The van der Waals surface area contributed by atoms with Crippen LogP contribution in [0.5, 0.6) is 0 Å². The lowest BCUT2D eigenvalue weighted by Crippen LogP contribution is -2.06. The van der Waals surface area contributed by atoms with Crippen LogP contribution >= 0.6 is 0 Å². The van der Waals surface area contributed by atoms with Crippen LogP contribution in [0.4, 0.5) is 10.1 Å². The van der Waals surface area contributed by atoms with Gasteiger partial charge in [0.15, 0.2) is 5.78 Å². The molecule has 0 radical (unpaired) electrons. The zero-order valence-corrected chi connectivity index (χ0v) is 12.4. The molecule has 2 rings (SSSR count). The monoisotopic (exact) mass is 305 g/mol. The average molecular weight is 305 g/mol. The van der Waals surface area contributed by atoms with E-state index >= 15 is 0 Å². The number of ketones is 1. The average Bonchev–Trinajstić information content (AvgIpc) is 2.74. The van der Waals surface area contributed by atoms with E-state index in [1.165, 1.54) is 24.3 Å². The van der Waals surface area contributed by atoms with Crippen LogP contribution in [0.3, 0.4) is 0 Å². The SMILES string of the molecule is Cc1nn(CCCC(=O)c2ccc(F)cc2)c(C)c1[N+](=O)[O-]. The Morgan fingerprint density at radius 3 is 2.50 bits per heavy atom. The molecule has 0 aliphatic carbocycles. The third-order valence-electron chi connectivity index (χ3n) is 3.47. The van der Waals surface area contributed by atoms with Crippen LogP contribution in [0.1, 0.15) is 34.6 Å². The molecule has 0 fully saturated rings. The number of carbonyl (C=O) groups excluding carboxylic acids is 1. The molecule has 0 aliphatic heterocycles. The quantitative estimate of drug-likeness (QED) is 0.466. The Bertz CT molecular complexity index is 708. The molecule has 0 saturated carbocycles. The van der Waals surface area contributed by atoms with Crippen LogP contribution in [0.15, 0.2) is 24.3 Å². The molecule has 0 aliphatic rings. The number of carbonyl (C=O) groups is 1. The molecular weight excluding hydrogens is 289 g/mol. The van der Waals surface area contributed by atoms with Crippen LogP contribution in [0, 0.1) is 29.8 Å². The van der Waals surface area contributed by atoms with Gasteiger partial charge in [-0.15, -0.1) is 0 Å². The standard InChI is InChI=1S/C15H16FN3O3/c1-10-15(19(21)22)11(2)18(17-10)9-3-4-14(20)12-5-7-13(16)8-6-12/h5-8H,3-4,9H2,1-2H3. The maximum Gasteiger partial charge on any atom is 0.312 e. The highest BCUT2D eigenvalue weighted by Crippen LogP contribution is 2.22. The van der Waals surface area contributed by atoms with E-state index in [1.54, 1.807) is 18.5 Å². The number of hydrogen-bond acceptors (Lipinski definition) is 4. The summed E-state index contributed by atoms with van der Waals surface area (Å²) in [6, 6.07) is 5.40. The molecule has 1 heterocycles. The van der Waals surface area contributed by atoms with Crippen molar-refractivity contribution in [3.8, 4) is 0 Å². The number of aromatic nitrogens is 2. The molecule has 1 aromatic carbocycles. The van der Waals surface area contributed by atoms with Crippen molar-refractivity contribution in [2.75, 3.05) is 0 Å². The Balaban J connectivity index is 1.97. The maximum atomic E-state index is 12.8. The Morgan fingerprint density at radius 1 is 1.32 bits per heavy atom. The first kappa shape index (κ1) is 15.8. The Morgan fingerprint density at radius 2 is 1.95 bits per heavy atom. The van der Waals surface area contributed by atoms with Crippen LogP contribution in [0.25, 0.3) is 0 Å². The summed E-state index contributed by atoms with van der Waals surface area (Å²) in [5, 5.41) is 15.0. The second-order valence-corrected chi connectivity index (χ2v) is 5.03. The molecule has 0 unspecified atom stereocenters. The van der Waals surface area contributed by atoms with Crippen molar-refractivity contribution in [3.63, 3.8) is 0 Å². The first-order valence-electron chi connectivity index (χ1n) is 6.87. The van der Waals surface area contributed by atoms with E-state index in [4.69, 9.17) is 0 Å². The van der Waals surface area contributed by atoms with Gasteiger partial charge in [-0.1, -0.05) is 0 Å². The zero-order valence-electron chi connectivity index (χ0n) is 12.4. The van der Waals surface area contributed by atoms with E-state index in [-0.39, 0.29) is 23.7 Å². The fraction of sp³-hybridized carbons (Fsp3) is 0.333. The Kier molecular flexibility index (Phi) is 4.65. The molecule has 7 heteroatoms. The van der Waals surface area contributed by atoms with Gasteiger partial charge in [-0.2, -0.15) is 5.10 Å². The van der Waals surface area contributed by atoms with Crippen molar-refractivity contribution in [1.82, 2.24) is 9.78 Å². The lowest BCUT2D eigenvalue weighted by molar-refractivity contribution is -0.386. The molecule has 0 amide bonds. The predicted molar refractivity (Wildman–Crippen MR) is 78.3 cm³/mol. The van der Waals surface area contributed by atoms with Crippen molar-refractivity contribution in [2.45, 2.75) is 33.2 Å². The Hall–Kier alpha value is -2.57. The fourth-order valence-electron chi connectivity index (χ4n) is 2.34. The van der Waals surface area contributed by atoms with Gasteiger partial charge >= 0.3 is 5.69 Å². The van der Waals surface area contributed by atoms with Gasteiger partial charge in [0.2, 0.25) is 0 Å². The van der Waals surface area contributed by atoms with E-state index in [9.17, 15) is 19.3 Å². The molecule has 116 valence electrons. The fourth-order valence-corrected chi connectivity index (χ4v) is 2.34. The summed E-state index contributed by atoms with van der Waals surface area (Å²) in [6.45, 7) is 3.65. The van der Waals surface area contributed by atoms with Crippen molar-refractivity contribution >= 4 is 11.5 Å². The van der Waals surface area contributed by atoms with Crippen LogP contribution in [0.2, 0.25) is 0 Å². The molecular formula is C15H16FN3O3. The topological polar surface area (TPSA) is 78.0 Å². The number of rotatable bonds is 6. The number of nitro groups is 1. The predicted octanol–water partition coefficient (Wildman–Crippen LogP) is 3.21. The van der Waals surface area contributed by atoms with E-state index in [2.05, 4.69) is 5.10 Å². The number of benzene rings is 1. The summed E-state index contributed by atoms with van der Waals surface area (Å²) in [7, 11) is 0. The summed E-state index contributed by atoms with van der Waals surface area (Å²) in [5.41, 5.74) is 1.33. The number of halogens is 1. The highest BCUT2D eigenvalue weighted by atomic mass is 19.1. The highest BCUT2D eigenvalue weighted by molar-refractivity contribution is 5.95. The molecule has 0 spiro atoms. The second kappa shape index (κ2) is 6.46. The summed E-state index contributed by atoms with van der Waals surface area (Å²) < 4.78 is 14.3. The van der Waals surface area contributed by atoms with E-state index in [0.717, 1.165) is 0 Å².